The van der Waals surface area contributed by atoms with E-state index in [4.69, 9.17) is 9.47 Å². The summed E-state index contributed by atoms with van der Waals surface area (Å²) in [5, 5.41) is 6.56. The van der Waals surface area contributed by atoms with Crippen molar-refractivity contribution in [2.75, 3.05) is 19.8 Å². The highest BCUT2D eigenvalue weighted by Crippen LogP contribution is 2.33. The predicted molar refractivity (Wildman–Crippen MR) is 113 cm³/mol. The molecule has 0 atom stereocenters. The monoisotopic (exact) mass is 459 g/mol. The van der Waals surface area contributed by atoms with Crippen LogP contribution >= 0.6 is 0 Å². The van der Waals surface area contributed by atoms with Gasteiger partial charge in [0, 0.05) is 18.3 Å². The van der Waals surface area contributed by atoms with Crippen LogP contribution in [-0.2, 0) is 12.6 Å². The first-order chi connectivity index (χ1) is 15.7. The molecule has 1 aliphatic heterocycles. The Labute approximate surface area is 186 Å². The van der Waals surface area contributed by atoms with Crippen molar-refractivity contribution in [2.24, 2.45) is 0 Å². The van der Waals surface area contributed by atoms with E-state index >= 15 is 0 Å². The molecule has 33 heavy (non-hydrogen) atoms. The Morgan fingerprint density at radius 3 is 2.58 bits per heavy atom. The molecule has 0 saturated heterocycles. The highest BCUT2D eigenvalue weighted by atomic mass is 19.4. The maximum atomic E-state index is 13.4. The Balaban J connectivity index is 1.53. The topological polar surface area (TPSA) is 82.5 Å². The number of hydrogen-bond acceptors (Lipinski definition) is 5. The summed E-state index contributed by atoms with van der Waals surface area (Å²) >= 11 is 0. The van der Waals surface area contributed by atoms with E-state index in [1.54, 1.807) is 6.07 Å². The van der Waals surface area contributed by atoms with Crippen molar-refractivity contribution < 1.29 is 27.4 Å². The van der Waals surface area contributed by atoms with Gasteiger partial charge in [0.25, 0.3) is 5.91 Å². The third kappa shape index (κ3) is 4.84. The van der Waals surface area contributed by atoms with Crippen molar-refractivity contribution in [2.45, 2.75) is 19.5 Å². The number of halogens is 3. The summed E-state index contributed by atoms with van der Waals surface area (Å²) in [6.45, 7) is 2.57. The zero-order chi connectivity index (χ0) is 23.6. The summed E-state index contributed by atoms with van der Waals surface area (Å²) in [6.07, 6.45) is -4.18. The molecule has 4 rings (SSSR count). The first-order valence-corrected chi connectivity index (χ1v) is 10.2. The van der Waals surface area contributed by atoms with Crippen molar-refractivity contribution in [3.05, 3.63) is 81.3 Å². The number of para-hydroxylation sites is 1. The molecule has 7 nitrogen and oxygen atoms in total. The number of benzene rings is 2. The minimum absolute atomic E-state index is 0.171. The number of carbonyl (C=O) groups excluding carboxylic acids is 1. The molecule has 0 fully saturated rings. The van der Waals surface area contributed by atoms with Gasteiger partial charge in [-0.05, 0) is 43.2 Å². The SMILES string of the molecule is Cc1cc(=O)c(C(=O)NCCc2ccc3c(c2)OCCO3)nn1-c1ccccc1C(F)(F)F. The third-order valence-corrected chi connectivity index (χ3v) is 5.07. The number of nitrogens with zero attached hydrogens (tertiary/aromatic N) is 2. The van der Waals surface area contributed by atoms with Gasteiger partial charge < -0.3 is 14.8 Å². The van der Waals surface area contributed by atoms with Gasteiger partial charge in [-0.1, -0.05) is 18.2 Å². The summed E-state index contributed by atoms with van der Waals surface area (Å²) in [4.78, 5) is 25.0. The Hall–Kier alpha value is -3.82. The number of ether oxygens (including phenoxy) is 2. The highest BCUT2D eigenvalue weighted by Gasteiger charge is 2.34. The minimum atomic E-state index is -4.63. The van der Waals surface area contributed by atoms with E-state index in [1.165, 1.54) is 25.1 Å². The quantitative estimate of drug-likeness (QED) is 0.633. The number of amides is 1. The van der Waals surface area contributed by atoms with Gasteiger partial charge >= 0.3 is 6.18 Å². The Bertz CT molecular complexity index is 1250. The molecule has 2 heterocycles. The number of nitrogens with one attached hydrogen (secondary N) is 1. The zero-order valence-corrected chi connectivity index (χ0v) is 17.6. The van der Waals surface area contributed by atoms with Crippen molar-refractivity contribution in [1.82, 2.24) is 15.1 Å². The number of rotatable bonds is 5. The van der Waals surface area contributed by atoms with Gasteiger partial charge in [-0.15, -0.1) is 0 Å². The second-order valence-corrected chi connectivity index (χ2v) is 7.41. The second-order valence-electron chi connectivity index (χ2n) is 7.41. The Kier molecular flexibility index (Phi) is 6.08. The molecular formula is C23H20F3N3O4. The molecule has 172 valence electrons. The molecule has 0 aliphatic carbocycles. The molecule has 0 bridgehead atoms. The van der Waals surface area contributed by atoms with Crippen LogP contribution in [0.25, 0.3) is 5.69 Å². The van der Waals surface area contributed by atoms with Crippen molar-refractivity contribution in [3.8, 4) is 17.2 Å². The van der Waals surface area contributed by atoms with Gasteiger partial charge in [-0.25, -0.2) is 4.68 Å². The normalized spacial score (nSPS) is 13.0. The number of aryl methyl sites for hydroxylation is 1. The average molecular weight is 459 g/mol. The standard InChI is InChI=1S/C23H20F3N3O4/c1-14-12-18(30)21(28-29(14)17-5-3-2-4-16(17)23(24,25)26)22(31)27-9-8-15-6-7-19-20(13-15)33-11-10-32-19/h2-7,12-13H,8-11H2,1H3,(H,27,31). The van der Waals surface area contributed by atoms with Crippen LogP contribution in [0.4, 0.5) is 13.2 Å². The van der Waals surface area contributed by atoms with Crippen LogP contribution in [0.1, 0.15) is 27.3 Å². The fourth-order valence-electron chi connectivity index (χ4n) is 3.49. The lowest BCUT2D eigenvalue weighted by Crippen LogP contribution is -2.33. The fourth-order valence-corrected chi connectivity index (χ4v) is 3.49. The molecule has 1 aliphatic rings. The van der Waals surface area contributed by atoms with E-state index in [2.05, 4.69) is 10.4 Å². The predicted octanol–water partition coefficient (Wildman–Crippen LogP) is 3.30. The molecule has 0 unspecified atom stereocenters. The maximum Gasteiger partial charge on any atom is 0.418 e. The summed E-state index contributed by atoms with van der Waals surface area (Å²) in [7, 11) is 0. The minimum Gasteiger partial charge on any atom is -0.486 e. The van der Waals surface area contributed by atoms with Gasteiger partial charge in [0.1, 0.15) is 13.2 Å². The van der Waals surface area contributed by atoms with Gasteiger partial charge in [0.2, 0.25) is 5.43 Å². The van der Waals surface area contributed by atoms with Crippen LogP contribution in [0, 0.1) is 6.92 Å². The molecule has 1 amide bonds. The number of fused-ring (bicyclic) bond motifs is 1. The second kappa shape index (κ2) is 8.97. The van der Waals surface area contributed by atoms with Crippen LogP contribution in [0.5, 0.6) is 11.5 Å². The summed E-state index contributed by atoms with van der Waals surface area (Å²) < 4.78 is 52.3. The van der Waals surface area contributed by atoms with E-state index in [9.17, 15) is 22.8 Å². The third-order valence-electron chi connectivity index (χ3n) is 5.07. The van der Waals surface area contributed by atoms with Crippen LogP contribution < -0.4 is 20.2 Å². The summed E-state index contributed by atoms with van der Waals surface area (Å²) in [6, 6.07) is 11.4. The van der Waals surface area contributed by atoms with E-state index in [0.29, 0.717) is 31.1 Å². The molecule has 1 N–H and O–H groups in total. The largest absolute Gasteiger partial charge is 0.486 e. The van der Waals surface area contributed by atoms with Gasteiger partial charge in [-0.3, -0.25) is 9.59 Å². The first-order valence-electron chi connectivity index (χ1n) is 10.2. The molecule has 10 heteroatoms. The number of alkyl halides is 3. The first kappa shape index (κ1) is 22.4. The zero-order valence-electron chi connectivity index (χ0n) is 17.6. The molecule has 1 aromatic heterocycles. The number of hydrogen-bond donors (Lipinski definition) is 1. The van der Waals surface area contributed by atoms with Crippen LogP contribution in [0.3, 0.4) is 0 Å². The molecule has 3 aromatic rings. The van der Waals surface area contributed by atoms with E-state index in [-0.39, 0.29) is 17.9 Å². The fraction of sp³-hybridized carbons (Fsp3) is 0.261. The van der Waals surface area contributed by atoms with Crippen LogP contribution in [0.15, 0.2) is 53.3 Å². The average Bonchev–Trinajstić information content (AvgIpc) is 2.78. The van der Waals surface area contributed by atoms with Gasteiger partial charge in [0.15, 0.2) is 17.2 Å². The van der Waals surface area contributed by atoms with Crippen molar-refractivity contribution in [1.29, 1.82) is 0 Å². The Morgan fingerprint density at radius 1 is 1.09 bits per heavy atom. The van der Waals surface area contributed by atoms with E-state index in [1.807, 2.05) is 12.1 Å². The molecule has 0 radical (unpaired) electrons. The molecule has 0 spiro atoms. The molecule has 0 saturated carbocycles. The van der Waals surface area contributed by atoms with Gasteiger partial charge in [-0.2, -0.15) is 18.3 Å². The van der Waals surface area contributed by atoms with E-state index in [0.717, 1.165) is 22.4 Å². The number of carbonyl (C=O) groups is 1. The van der Waals surface area contributed by atoms with Crippen LogP contribution in [-0.4, -0.2) is 35.4 Å². The lowest BCUT2D eigenvalue weighted by atomic mass is 10.1. The summed E-state index contributed by atoms with van der Waals surface area (Å²) in [5.41, 5.74) is -1.30. The number of aromatic nitrogens is 2. The van der Waals surface area contributed by atoms with E-state index < -0.39 is 28.8 Å². The van der Waals surface area contributed by atoms with Crippen LogP contribution in [0.2, 0.25) is 0 Å². The summed E-state index contributed by atoms with van der Waals surface area (Å²) in [5.74, 6) is 0.504. The van der Waals surface area contributed by atoms with Crippen molar-refractivity contribution >= 4 is 5.91 Å². The smallest absolute Gasteiger partial charge is 0.418 e. The lowest BCUT2D eigenvalue weighted by Gasteiger charge is -2.19. The highest BCUT2D eigenvalue weighted by molar-refractivity contribution is 5.92. The van der Waals surface area contributed by atoms with Crippen molar-refractivity contribution in [3.63, 3.8) is 0 Å². The van der Waals surface area contributed by atoms with Gasteiger partial charge in [0.05, 0.1) is 11.3 Å². The molecule has 2 aromatic carbocycles. The Morgan fingerprint density at radius 2 is 1.82 bits per heavy atom. The lowest BCUT2D eigenvalue weighted by molar-refractivity contribution is -0.137. The molecular weight excluding hydrogens is 439 g/mol. The maximum absolute atomic E-state index is 13.4.